The molecule has 0 bridgehead atoms. The van der Waals surface area contributed by atoms with Crippen LogP contribution in [0.25, 0.3) is 10.9 Å². The van der Waals surface area contributed by atoms with Gasteiger partial charge in [0.1, 0.15) is 5.82 Å². The quantitative estimate of drug-likeness (QED) is 0.639. The van der Waals surface area contributed by atoms with E-state index in [4.69, 9.17) is 16.3 Å². The molecule has 0 aliphatic heterocycles. The zero-order chi connectivity index (χ0) is 18.5. The SMILES string of the molecule is O=C(COC(=O)CCc1c[nH]c2ccccc12)Nc1ccc(F)c(Cl)c1. The second kappa shape index (κ2) is 8.01. The van der Waals surface area contributed by atoms with Crippen LogP contribution in [-0.2, 0) is 20.7 Å². The fourth-order valence-corrected chi connectivity index (χ4v) is 2.74. The van der Waals surface area contributed by atoms with Crippen molar-refractivity contribution in [3.63, 3.8) is 0 Å². The Morgan fingerprint density at radius 1 is 1.19 bits per heavy atom. The van der Waals surface area contributed by atoms with E-state index >= 15 is 0 Å². The summed E-state index contributed by atoms with van der Waals surface area (Å²) in [5.74, 6) is -1.57. The number of nitrogens with one attached hydrogen (secondary N) is 2. The molecule has 26 heavy (non-hydrogen) atoms. The van der Waals surface area contributed by atoms with Crippen molar-refractivity contribution in [2.75, 3.05) is 11.9 Å². The van der Waals surface area contributed by atoms with E-state index in [0.29, 0.717) is 12.1 Å². The summed E-state index contributed by atoms with van der Waals surface area (Å²) in [6.07, 6.45) is 2.54. The van der Waals surface area contributed by atoms with Gasteiger partial charge in [0.2, 0.25) is 0 Å². The number of hydrogen-bond acceptors (Lipinski definition) is 3. The molecule has 0 saturated heterocycles. The van der Waals surface area contributed by atoms with E-state index in [1.54, 1.807) is 0 Å². The number of para-hydroxylation sites is 1. The molecular weight excluding hydrogens is 359 g/mol. The number of aromatic amines is 1. The number of anilines is 1. The number of halogens is 2. The largest absolute Gasteiger partial charge is 0.456 e. The highest BCUT2D eigenvalue weighted by molar-refractivity contribution is 6.31. The Morgan fingerprint density at radius 2 is 2.00 bits per heavy atom. The Labute approximate surface area is 154 Å². The highest BCUT2D eigenvalue weighted by Gasteiger charge is 2.11. The van der Waals surface area contributed by atoms with Crippen LogP contribution in [-0.4, -0.2) is 23.5 Å². The lowest BCUT2D eigenvalue weighted by Crippen LogP contribution is -2.21. The van der Waals surface area contributed by atoms with Crippen LogP contribution in [0, 0.1) is 5.82 Å². The molecule has 0 unspecified atom stereocenters. The van der Waals surface area contributed by atoms with Gasteiger partial charge in [-0.2, -0.15) is 0 Å². The van der Waals surface area contributed by atoms with Crippen molar-refractivity contribution in [1.82, 2.24) is 4.98 Å². The molecule has 0 spiro atoms. The molecule has 3 rings (SSSR count). The molecule has 0 fully saturated rings. The van der Waals surface area contributed by atoms with Gasteiger partial charge in [-0.05, 0) is 36.2 Å². The minimum Gasteiger partial charge on any atom is -0.456 e. The number of fused-ring (bicyclic) bond motifs is 1. The molecule has 2 N–H and O–H groups in total. The molecule has 5 nitrogen and oxygen atoms in total. The van der Waals surface area contributed by atoms with E-state index in [0.717, 1.165) is 22.5 Å². The summed E-state index contributed by atoms with van der Waals surface area (Å²) >= 11 is 5.64. The van der Waals surface area contributed by atoms with E-state index < -0.39 is 24.3 Å². The van der Waals surface area contributed by atoms with Gasteiger partial charge < -0.3 is 15.0 Å². The number of aryl methyl sites for hydroxylation is 1. The van der Waals surface area contributed by atoms with Gasteiger partial charge in [0, 0.05) is 29.2 Å². The van der Waals surface area contributed by atoms with Gasteiger partial charge in [-0.3, -0.25) is 9.59 Å². The minimum absolute atomic E-state index is 0.0986. The first kappa shape index (κ1) is 17.9. The van der Waals surface area contributed by atoms with E-state index in [1.807, 2.05) is 30.5 Å². The Kier molecular flexibility index (Phi) is 5.53. The summed E-state index contributed by atoms with van der Waals surface area (Å²) in [7, 11) is 0. The van der Waals surface area contributed by atoms with Crippen molar-refractivity contribution in [3.8, 4) is 0 Å². The van der Waals surface area contributed by atoms with Gasteiger partial charge in [0.05, 0.1) is 5.02 Å². The molecule has 134 valence electrons. The molecule has 0 saturated carbocycles. The number of H-pyrrole nitrogens is 1. The van der Waals surface area contributed by atoms with Gasteiger partial charge >= 0.3 is 5.97 Å². The lowest BCUT2D eigenvalue weighted by atomic mass is 10.1. The number of esters is 1. The molecular formula is C19H16ClFN2O3. The third kappa shape index (κ3) is 4.40. The molecule has 3 aromatic rings. The molecule has 0 aliphatic carbocycles. The van der Waals surface area contributed by atoms with Crippen LogP contribution >= 0.6 is 11.6 Å². The number of carbonyl (C=O) groups excluding carboxylic acids is 2. The molecule has 7 heteroatoms. The molecule has 0 aliphatic rings. The monoisotopic (exact) mass is 374 g/mol. The zero-order valence-electron chi connectivity index (χ0n) is 13.7. The standard InChI is InChI=1S/C19H16ClFN2O3/c20-15-9-13(6-7-16(15)21)23-18(24)11-26-19(25)8-5-12-10-22-17-4-2-1-3-14(12)17/h1-4,6-7,9-10,22H,5,8,11H2,(H,23,24). The second-order valence-corrected chi connectivity index (χ2v) is 6.10. The highest BCUT2D eigenvalue weighted by Crippen LogP contribution is 2.20. The number of aromatic nitrogens is 1. The van der Waals surface area contributed by atoms with Crippen LogP contribution < -0.4 is 5.32 Å². The van der Waals surface area contributed by atoms with E-state index in [-0.39, 0.29) is 11.4 Å². The predicted molar refractivity (Wildman–Crippen MR) is 97.6 cm³/mol. The van der Waals surface area contributed by atoms with Gasteiger partial charge in [0.25, 0.3) is 5.91 Å². The topological polar surface area (TPSA) is 71.2 Å². The smallest absolute Gasteiger partial charge is 0.306 e. The van der Waals surface area contributed by atoms with Crippen LogP contribution in [0.4, 0.5) is 10.1 Å². The van der Waals surface area contributed by atoms with Crippen molar-refractivity contribution in [3.05, 3.63) is 65.1 Å². The van der Waals surface area contributed by atoms with Gasteiger partial charge in [0.15, 0.2) is 6.61 Å². The molecule has 1 aromatic heterocycles. The summed E-state index contributed by atoms with van der Waals surface area (Å²) in [4.78, 5) is 26.8. The summed E-state index contributed by atoms with van der Waals surface area (Å²) in [6, 6.07) is 11.6. The Bertz CT molecular complexity index is 955. The summed E-state index contributed by atoms with van der Waals surface area (Å²) in [5.41, 5.74) is 2.35. The normalized spacial score (nSPS) is 10.7. The molecule has 1 amide bonds. The number of carbonyl (C=O) groups is 2. The fraction of sp³-hybridized carbons (Fsp3) is 0.158. The minimum atomic E-state index is -0.576. The maximum Gasteiger partial charge on any atom is 0.306 e. The maximum absolute atomic E-state index is 13.1. The first-order chi connectivity index (χ1) is 12.5. The third-order valence-electron chi connectivity index (χ3n) is 3.84. The number of hydrogen-bond donors (Lipinski definition) is 2. The Hall–Kier alpha value is -2.86. The van der Waals surface area contributed by atoms with Crippen LogP contribution in [0.5, 0.6) is 0 Å². The molecule has 0 atom stereocenters. The summed E-state index contributed by atoms with van der Waals surface area (Å²) < 4.78 is 18.0. The Morgan fingerprint density at radius 3 is 2.81 bits per heavy atom. The first-order valence-electron chi connectivity index (χ1n) is 7.98. The lowest BCUT2D eigenvalue weighted by Gasteiger charge is -2.07. The highest BCUT2D eigenvalue weighted by atomic mass is 35.5. The van der Waals surface area contributed by atoms with Crippen LogP contribution in [0.3, 0.4) is 0 Å². The zero-order valence-corrected chi connectivity index (χ0v) is 14.5. The van der Waals surface area contributed by atoms with Gasteiger partial charge in [-0.25, -0.2) is 4.39 Å². The van der Waals surface area contributed by atoms with Gasteiger partial charge in [-0.15, -0.1) is 0 Å². The first-order valence-corrected chi connectivity index (χ1v) is 8.36. The van der Waals surface area contributed by atoms with Crippen molar-refractivity contribution in [1.29, 1.82) is 0 Å². The predicted octanol–water partition coefficient (Wildman–Crippen LogP) is 4.07. The summed E-state index contributed by atoms with van der Waals surface area (Å²) in [5, 5.41) is 3.45. The van der Waals surface area contributed by atoms with Crippen molar-refractivity contribution >= 4 is 40.1 Å². The maximum atomic E-state index is 13.1. The van der Waals surface area contributed by atoms with Crippen LogP contribution in [0.1, 0.15) is 12.0 Å². The van der Waals surface area contributed by atoms with Crippen LogP contribution in [0.2, 0.25) is 5.02 Å². The lowest BCUT2D eigenvalue weighted by molar-refractivity contribution is -0.147. The number of ether oxygens (including phenoxy) is 1. The Balaban J connectivity index is 1.46. The van der Waals surface area contributed by atoms with E-state index in [9.17, 15) is 14.0 Å². The van der Waals surface area contributed by atoms with Gasteiger partial charge in [-0.1, -0.05) is 29.8 Å². The van der Waals surface area contributed by atoms with Crippen molar-refractivity contribution in [2.24, 2.45) is 0 Å². The van der Waals surface area contributed by atoms with Crippen molar-refractivity contribution < 1.29 is 18.7 Å². The average molecular weight is 375 g/mol. The number of rotatable bonds is 6. The summed E-state index contributed by atoms with van der Waals surface area (Å²) in [6.45, 7) is -0.415. The fourth-order valence-electron chi connectivity index (χ4n) is 2.56. The third-order valence-corrected chi connectivity index (χ3v) is 4.13. The van der Waals surface area contributed by atoms with Crippen LogP contribution in [0.15, 0.2) is 48.7 Å². The number of amides is 1. The van der Waals surface area contributed by atoms with E-state index in [2.05, 4.69) is 10.3 Å². The molecule has 0 radical (unpaired) electrons. The molecule has 1 heterocycles. The van der Waals surface area contributed by atoms with Crippen molar-refractivity contribution in [2.45, 2.75) is 12.8 Å². The van der Waals surface area contributed by atoms with E-state index in [1.165, 1.54) is 12.1 Å². The number of benzene rings is 2. The second-order valence-electron chi connectivity index (χ2n) is 5.70. The average Bonchev–Trinajstić information content (AvgIpc) is 3.04. The molecule has 2 aromatic carbocycles.